The normalized spacial score (nSPS) is 12.6. The minimum absolute atomic E-state index is 0.0890. The van der Waals surface area contributed by atoms with Crippen LogP contribution in [0, 0.1) is 6.92 Å². The number of sulfonamides is 1. The van der Waals surface area contributed by atoms with Gasteiger partial charge in [0.15, 0.2) is 11.5 Å². The molecule has 0 fully saturated rings. The zero-order valence-corrected chi connectivity index (χ0v) is 27.0. The highest BCUT2D eigenvalue weighted by atomic mass is 35.5. The van der Waals surface area contributed by atoms with Crippen molar-refractivity contribution in [1.29, 1.82) is 0 Å². The summed E-state index contributed by atoms with van der Waals surface area (Å²) in [6.45, 7) is 7.21. The molecular weight excluding hydrogens is 590 g/mol. The van der Waals surface area contributed by atoms with Gasteiger partial charge in [-0.1, -0.05) is 55.3 Å². The third-order valence-electron chi connectivity index (χ3n) is 7.20. The van der Waals surface area contributed by atoms with Crippen LogP contribution in [-0.2, 0) is 26.2 Å². The van der Waals surface area contributed by atoms with Gasteiger partial charge in [0.25, 0.3) is 10.0 Å². The molecule has 0 aliphatic heterocycles. The zero-order chi connectivity index (χ0) is 31.7. The number of amides is 2. The number of carbonyl (C=O) groups excluding carboxylic acids is 2. The lowest BCUT2D eigenvalue weighted by Crippen LogP contribution is -2.53. The van der Waals surface area contributed by atoms with Crippen molar-refractivity contribution in [3.8, 4) is 11.5 Å². The van der Waals surface area contributed by atoms with Gasteiger partial charge in [-0.15, -0.1) is 0 Å². The highest BCUT2D eigenvalue weighted by Crippen LogP contribution is 2.33. The molecule has 0 heterocycles. The SMILES string of the molecule is CC[C@@H](C)NC(=O)[C@@H](CC)N(Cc1ccc(C)cc1)C(=O)CN(c1ccc(Cl)cc1)S(=O)(=O)c1ccc(OC)c(OC)c1. The molecule has 0 unspecified atom stereocenters. The third kappa shape index (κ3) is 8.42. The maximum Gasteiger partial charge on any atom is 0.264 e. The monoisotopic (exact) mass is 629 g/mol. The van der Waals surface area contributed by atoms with Gasteiger partial charge in [-0.2, -0.15) is 0 Å². The van der Waals surface area contributed by atoms with E-state index in [0.29, 0.717) is 17.2 Å². The fourth-order valence-corrected chi connectivity index (χ4v) is 6.05. The Morgan fingerprint density at radius 2 is 1.53 bits per heavy atom. The molecule has 11 heteroatoms. The first-order valence-electron chi connectivity index (χ1n) is 14.1. The molecule has 1 N–H and O–H groups in total. The molecule has 232 valence electrons. The van der Waals surface area contributed by atoms with Crippen LogP contribution in [0.1, 0.15) is 44.7 Å². The zero-order valence-electron chi connectivity index (χ0n) is 25.5. The molecule has 0 aromatic heterocycles. The Morgan fingerprint density at radius 1 is 0.907 bits per heavy atom. The van der Waals surface area contributed by atoms with Gasteiger partial charge in [0, 0.05) is 23.7 Å². The minimum Gasteiger partial charge on any atom is -0.493 e. The number of nitrogens with zero attached hydrogens (tertiary/aromatic N) is 2. The van der Waals surface area contributed by atoms with Crippen LogP contribution in [-0.4, -0.2) is 58.0 Å². The van der Waals surface area contributed by atoms with E-state index in [4.69, 9.17) is 21.1 Å². The number of hydrogen-bond acceptors (Lipinski definition) is 6. The number of carbonyl (C=O) groups is 2. The number of nitrogens with one attached hydrogen (secondary N) is 1. The highest BCUT2D eigenvalue weighted by Gasteiger charge is 2.34. The second-order valence-corrected chi connectivity index (χ2v) is 12.6. The average molecular weight is 630 g/mol. The summed E-state index contributed by atoms with van der Waals surface area (Å²) in [6.07, 6.45) is 1.06. The van der Waals surface area contributed by atoms with Gasteiger partial charge in [-0.05, 0) is 68.7 Å². The van der Waals surface area contributed by atoms with E-state index < -0.39 is 28.5 Å². The van der Waals surface area contributed by atoms with E-state index in [1.54, 1.807) is 12.1 Å². The lowest BCUT2D eigenvalue weighted by Gasteiger charge is -2.33. The molecule has 3 aromatic rings. The first-order chi connectivity index (χ1) is 20.4. The molecule has 43 heavy (non-hydrogen) atoms. The maximum atomic E-state index is 14.2. The van der Waals surface area contributed by atoms with Crippen LogP contribution in [0.25, 0.3) is 0 Å². The summed E-state index contributed by atoms with van der Waals surface area (Å²) in [5.41, 5.74) is 2.10. The summed E-state index contributed by atoms with van der Waals surface area (Å²) in [7, 11) is -1.44. The number of aryl methyl sites for hydroxylation is 1. The van der Waals surface area contributed by atoms with Gasteiger partial charge in [-0.25, -0.2) is 8.42 Å². The van der Waals surface area contributed by atoms with E-state index in [9.17, 15) is 18.0 Å². The maximum absolute atomic E-state index is 14.2. The second kappa shape index (κ2) is 15.1. The summed E-state index contributed by atoms with van der Waals surface area (Å²) < 4.78 is 39.9. The van der Waals surface area contributed by atoms with Gasteiger partial charge in [0.1, 0.15) is 12.6 Å². The molecule has 3 aromatic carbocycles. The van der Waals surface area contributed by atoms with Crippen LogP contribution in [0.5, 0.6) is 11.5 Å². The van der Waals surface area contributed by atoms with Crippen molar-refractivity contribution >= 4 is 39.1 Å². The van der Waals surface area contributed by atoms with Crippen molar-refractivity contribution < 1.29 is 27.5 Å². The fraction of sp³-hybridized carbons (Fsp3) is 0.375. The molecule has 0 aliphatic rings. The van der Waals surface area contributed by atoms with Crippen LogP contribution < -0.4 is 19.1 Å². The van der Waals surface area contributed by atoms with Crippen molar-refractivity contribution in [2.24, 2.45) is 0 Å². The molecule has 0 radical (unpaired) electrons. The number of methoxy groups -OCH3 is 2. The highest BCUT2D eigenvalue weighted by molar-refractivity contribution is 7.92. The summed E-state index contributed by atoms with van der Waals surface area (Å²) >= 11 is 6.11. The third-order valence-corrected chi connectivity index (χ3v) is 9.22. The van der Waals surface area contributed by atoms with E-state index in [0.717, 1.165) is 21.9 Å². The van der Waals surface area contributed by atoms with E-state index in [-0.39, 0.29) is 34.8 Å². The van der Waals surface area contributed by atoms with Crippen molar-refractivity contribution in [3.05, 3.63) is 82.9 Å². The Bertz CT molecular complexity index is 1500. The molecule has 0 bridgehead atoms. The Labute approximate surface area is 259 Å². The van der Waals surface area contributed by atoms with Gasteiger partial charge in [0.05, 0.1) is 24.8 Å². The molecule has 9 nitrogen and oxygen atoms in total. The van der Waals surface area contributed by atoms with Crippen molar-refractivity contribution in [3.63, 3.8) is 0 Å². The minimum atomic E-state index is -4.30. The van der Waals surface area contributed by atoms with Gasteiger partial charge in [0.2, 0.25) is 11.8 Å². The van der Waals surface area contributed by atoms with Crippen LogP contribution in [0.4, 0.5) is 5.69 Å². The number of halogens is 1. The van der Waals surface area contributed by atoms with Gasteiger partial charge < -0.3 is 19.7 Å². The Kier molecular flexibility index (Phi) is 11.9. The van der Waals surface area contributed by atoms with Crippen molar-refractivity contribution in [1.82, 2.24) is 10.2 Å². The summed E-state index contributed by atoms with van der Waals surface area (Å²) in [4.78, 5) is 29.0. The lowest BCUT2D eigenvalue weighted by molar-refractivity contribution is -0.140. The largest absolute Gasteiger partial charge is 0.493 e. The first kappa shape index (κ1) is 33.7. The second-order valence-electron chi connectivity index (χ2n) is 10.3. The number of ether oxygens (including phenoxy) is 2. The first-order valence-corrected chi connectivity index (χ1v) is 15.9. The molecule has 0 saturated carbocycles. The van der Waals surface area contributed by atoms with E-state index in [1.807, 2.05) is 52.0 Å². The molecule has 3 rings (SSSR count). The van der Waals surface area contributed by atoms with E-state index in [1.165, 1.54) is 49.5 Å². The average Bonchev–Trinajstić information content (AvgIpc) is 3.00. The summed E-state index contributed by atoms with van der Waals surface area (Å²) in [5.74, 6) is -0.249. The van der Waals surface area contributed by atoms with Crippen LogP contribution in [0.3, 0.4) is 0 Å². The van der Waals surface area contributed by atoms with Crippen LogP contribution in [0.2, 0.25) is 5.02 Å². The van der Waals surface area contributed by atoms with E-state index >= 15 is 0 Å². The molecular formula is C32H40ClN3O6S. The topological polar surface area (TPSA) is 105 Å². The van der Waals surface area contributed by atoms with Crippen LogP contribution in [0.15, 0.2) is 71.6 Å². The lowest BCUT2D eigenvalue weighted by atomic mass is 10.1. The Morgan fingerprint density at radius 3 is 2.09 bits per heavy atom. The van der Waals surface area contributed by atoms with Crippen molar-refractivity contribution in [2.75, 3.05) is 25.1 Å². The fourth-order valence-electron chi connectivity index (χ4n) is 4.49. The summed E-state index contributed by atoms with van der Waals surface area (Å²) in [6, 6.07) is 17.1. The number of hydrogen-bond donors (Lipinski definition) is 1. The predicted molar refractivity (Wildman–Crippen MR) is 169 cm³/mol. The number of rotatable bonds is 14. The predicted octanol–water partition coefficient (Wildman–Crippen LogP) is 5.58. The molecule has 2 amide bonds. The summed E-state index contributed by atoms with van der Waals surface area (Å²) in [5, 5.41) is 3.39. The molecule has 0 saturated heterocycles. The van der Waals surface area contributed by atoms with Crippen molar-refractivity contribution in [2.45, 2.75) is 64.1 Å². The number of benzene rings is 3. The van der Waals surface area contributed by atoms with E-state index in [2.05, 4.69) is 5.32 Å². The van der Waals surface area contributed by atoms with Gasteiger partial charge in [-0.3, -0.25) is 13.9 Å². The quantitative estimate of drug-likeness (QED) is 0.250. The van der Waals surface area contributed by atoms with Crippen LogP contribution >= 0.6 is 11.6 Å². The number of anilines is 1. The molecule has 0 aliphatic carbocycles. The standard InChI is InChI=1S/C32H40ClN3O6S/c1-7-23(4)34-32(38)28(8-2)35(20-24-11-9-22(3)10-12-24)31(37)21-36(26-15-13-25(33)14-16-26)43(39,40)27-17-18-29(41-5)30(19-27)42-6/h9-19,23,28H,7-8,20-21H2,1-6H3,(H,34,38)/t23-,28-/m1/s1. The smallest absolute Gasteiger partial charge is 0.264 e. The molecule has 2 atom stereocenters. The Balaban J connectivity index is 2.09. The van der Waals surface area contributed by atoms with Gasteiger partial charge >= 0.3 is 0 Å². The molecule has 0 spiro atoms. The Hall–Kier alpha value is -3.76.